The Hall–Kier alpha value is -1.32. The van der Waals surface area contributed by atoms with Gasteiger partial charge < -0.3 is 10.2 Å². The minimum Gasteiger partial charge on any atom is -0.469 e. The van der Waals surface area contributed by atoms with E-state index in [0.29, 0.717) is 17.0 Å². The van der Waals surface area contributed by atoms with Crippen LogP contribution >= 0.6 is 11.6 Å². The molecule has 0 amide bonds. The van der Waals surface area contributed by atoms with Crippen molar-refractivity contribution in [2.24, 2.45) is 5.73 Å². The Labute approximate surface area is 104 Å². The fourth-order valence-electron chi connectivity index (χ4n) is 1.72. The molecule has 17 heavy (non-hydrogen) atoms. The third kappa shape index (κ3) is 2.68. The third-order valence-electron chi connectivity index (χ3n) is 2.66. The van der Waals surface area contributed by atoms with Crippen LogP contribution in [0.5, 0.6) is 0 Å². The zero-order valence-electron chi connectivity index (χ0n) is 9.41. The molecule has 90 valence electrons. The van der Waals surface area contributed by atoms with Gasteiger partial charge in [-0.15, -0.1) is 0 Å². The fraction of sp³-hybridized carbons (Fsp3) is 0.231. The first kappa shape index (κ1) is 12.1. The van der Waals surface area contributed by atoms with Gasteiger partial charge in [0.1, 0.15) is 11.6 Å². The van der Waals surface area contributed by atoms with Gasteiger partial charge in [0.2, 0.25) is 0 Å². The number of aryl methyl sites for hydroxylation is 1. The van der Waals surface area contributed by atoms with Crippen molar-refractivity contribution in [1.82, 2.24) is 0 Å². The van der Waals surface area contributed by atoms with Gasteiger partial charge in [-0.2, -0.15) is 0 Å². The van der Waals surface area contributed by atoms with E-state index in [2.05, 4.69) is 0 Å². The van der Waals surface area contributed by atoms with Crippen molar-refractivity contribution in [2.75, 3.05) is 0 Å². The number of halogens is 2. The summed E-state index contributed by atoms with van der Waals surface area (Å²) in [7, 11) is 0. The van der Waals surface area contributed by atoms with Gasteiger partial charge in [-0.1, -0.05) is 17.7 Å². The Bertz CT molecular complexity index is 504. The second kappa shape index (κ2) is 4.90. The molecule has 0 saturated heterocycles. The summed E-state index contributed by atoms with van der Waals surface area (Å²) in [6.45, 7) is 1.84. The standard InChI is InChI=1S/C13H13ClFNO/c1-8-5-9(7-17-8)13(16)6-10-11(14)3-2-4-12(10)15/h2-5,7,13H,6,16H2,1H3. The summed E-state index contributed by atoms with van der Waals surface area (Å²) in [6, 6.07) is 6.15. The molecule has 1 unspecified atom stereocenters. The normalized spacial score (nSPS) is 12.7. The van der Waals surface area contributed by atoms with Gasteiger partial charge in [-0.25, -0.2) is 4.39 Å². The van der Waals surface area contributed by atoms with Gasteiger partial charge in [-0.3, -0.25) is 0 Å². The minimum absolute atomic E-state index is 0.318. The largest absolute Gasteiger partial charge is 0.469 e. The van der Waals surface area contributed by atoms with Crippen molar-refractivity contribution in [1.29, 1.82) is 0 Å². The molecule has 1 aromatic heterocycles. The maximum absolute atomic E-state index is 13.6. The van der Waals surface area contributed by atoms with E-state index < -0.39 is 0 Å². The van der Waals surface area contributed by atoms with Crippen LogP contribution in [0.25, 0.3) is 0 Å². The number of hydrogen-bond acceptors (Lipinski definition) is 2. The van der Waals surface area contributed by atoms with E-state index in [9.17, 15) is 4.39 Å². The Balaban J connectivity index is 2.21. The molecule has 0 aliphatic heterocycles. The first-order valence-corrected chi connectivity index (χ1v) is 5.69. The van der Waals surface area contributed by atoms with Crippen LogP contribution in [0.2, 0.25) is 5.02 Å². The predicted octanol–water partition coefficient (Wildman–Crippen LogP) is 3.62. The minimum atomic E-state index is -0.326. The van der Waals surface area contributed by atoms with Gasteiger partial charge in [0, 0.05) is 22.2 Å². The fourth-order valence-corrected chi connectivity index (χ4v) is 1.96. The quantitative estimate of drug-likeness (QED) is 0.907. The zero-order valence-corrected chi connectivity index (χ0v) is 10.2. The van der Waals surface area contributed by atoms with E-state index in [-0.39, 0.29) is 11.9 Å². The van der Waals surface area contributed by atoms with Crippen LogP contribution in [0.3, 0.4) is 0 Å². The highest BCUT2D eigenvalue weighted by atomic mass is 35.5. The van der Waals surface area contributed by atoms with E-state index in [0.717, 1.165) is 11.3 Å². The highest BCUT2D eigenvalue weighted by molar-refractivity contribution is 6.31. The summed E-state index contributed by atoms with van der Waals surface area (Å²) in [5, 5.41) is 0.403. The van der Waals surface area contributed by atoms with Crippen LogP contribution < -0.4 is 5.73 Å². The lowest BCUT2D eigenvalue weighted by Gasteiger charge is -2.11. The zero-order chi connectivity index (χ0) is 12.4. The second-order valence-electron chi connectivity index (χ2n) is 4.00. The SMILES string of the molecule is Cc1cc(C(N)Cc2c(F)cccc2Cl)co1. The first-order chi connectivity index (χ1) is 8.08. The lowest BCUT2D eigenvalue weighted by atomic mass is 10.0. The van der Waals surface area contributed by atoms with Crippen molar-refractivity contribution in [3.05, 3.63) is 58.3 Å². The van der Waals surface area contributed by atoms with E-state index in [1.54, 1.807) is 18.4 Å². The summed E-state index contributed by atoms with van der Waals surface area (Å²) >= 11 is 5.95. The first-order valence-electron chi connectivity index (χ1n) is 5.31. The molecule has 1 heterocycles. The third-order valence-corrected chi connectivity index (χ3v) is 3.02. The molecule has 0 bridgehead atoms. The molecule has 1 aromatic carbocycles. The summed E-state index contributed by atoms with van der Waals surface area (Å²) < 4.78 is 18.7. The van der Waals surface area contributed by atoms with Crippen LogP contribution in [0.4, 0.5) is 4.39 Å². The molecule has 0 radical (unpaired) electrons. The van der Waals surface area contributed by atoms with E-state index in [1.165, 1.54) is 6.07 Å². The van der Waals surface area contributed by atoms with Gasteiger partial charge >= 0.3 is 0 Å². The number of nitrogens with two attached hydrogens (primary N) is 1. The average molecular weight is 254 g/mol. The molecular weight excluding hydrogens is 241 g/mol. The molecule has 0 spiro atoms. The number of hydrogen-bond donors (Lipinski definition) is 1. The van der Waals surface area contributed by atoms with Crippen molar-refractivity contribution < 1.29 is 8.81 Å². The summed E-state index contributed by atoms with van der Waals surface area (Å²) in [5.74, 6) is 0.461. The van der Waals surface area contributed by atoms with Crippen molar-refractivity contribution >= 4 is 11.6 Å². The lowest BCUT2D eigenvalue weighted by Crippen LogP contribution is -2.13. The smallest absolute Gasteiger partial charge is 0.127 e. The number of benzene rings is 1. The molecule has 0 fully saturated rings. The summed E-state index contributed by atoms with van der Waals surface area (Å²) in [4.78, 5) is 0. The molecule has 2 N–H and O–H groups in total. The van der Waals surface area contributed by atoms with Crippen LogP contribution in [0.15, 0.2) is 34.9 Å². The van der Waals surface area contributed by atoms with Crippen LogP contribution in [0, 0.1) is 12.7 Å². The second-order valence-corrected chi connectivity index (χ2v) is 4.41. The highest BCUT2D eigenvalue weighted by Crippen LogP contribution is 2.25. The Morgan fingerprint density at radius 2 is 2.24 bits per heavy atom. The van der Waals surface area contributed by atoms with E-state index >= 15 is 0 Å². The van der Waals surface area contributed by atoms with Gasteiger partial charge in [0.25, 0.3) is 0 Å². The summed E-state index contributed by atoms with van der Waals surface area (Å²) in [6.07, 6.45) is 1.94. The monoisotopic (exact) mass is 253 g/mol. The highest BCUT2D eigenvalue weighted by Gasteiger charge is 2.14. The Morgan fingerprint density at radius 1 is 1.47 bits per heavy atom. The molecule has 1 atom stereocenters. The average Bonchev–Trinajstić information content (AvgIpc) is 2.70. The molecule has 0 saturated carbocycles. The van der Waals surface area contributed by atoms with Crippen molar-refractivity contribution in [3.63, 3.8) is 0 Å². The Morgan fingerprint density at radius 3 is 2.82 bits per heavy atom. The van der Waals surface area contributed by atoms with Crippen molar-refractivity contribution in [2.45, 2.75) is 19.4 Å². The molecule has 0 aliphatic carbocycles. The molecular formula is C13H13ClFNO. The molecule has 0 aliphatic rings. The molecule has 2 rings (SSSR count). The predicted molar refractivity (Wildman–Crippen MR) is 65.5 cm³/mol. The summed E-state index contributed by atoms with van der Waals surface area (Å²) in [5.41, 5.74) is 7.29. The molecule has 4 heteroatoms. The van der Waals surface area contributed by atoms with Crippen LogP contribution in [-0.2, 0) is 6.42 Å². The van der Waals surface area contributed by atoms with Crippen LogP contribution in [-0.4, -0.2) is 0 Å². The maximum atomic E-state index is 13.6. The van der Waals surface area contributed by atoms with Gasteiger partial charge in [-0.05, 0) is 31.5 Å². The number of rotatable bonds is 3. The Kier molecular flexibility index (Phi) is 3.50. The van der Waals surface area contributed by atoms with Crippen molar-refractivity contribution in [3.8, 4) is 0 Å². The van der Waals surface area contributed by atoms with Crippen LogP contribution in [0.1, 0.15) is 22.9 Å². The lowest BCUT2D eigenvalue weighted by molar-refractivity contribution is 0.527. The molecule has 2 aromatic rings. The van der Waals surface area contributed by atoms with Gasteiger partial charge in [0.15, 0.2) is 0 Å². The topological polar surface area (TPSA) is 39.2 Å². The maximum Gasteiger partial charge on any atom is 0.127 e. The van der Waals surface area contributed by atoms with Gasteiger partial charge in [0.05, 0.1) is 6.26 Å². The number of furan rings is 1. The molecule has 2 nitrogen and oxygen atoms in total. The van der Waals surface area contributed by atoms with E-state index in [1.807, 2.05) is 13.0 Å². The van der Waals surface area contributed by atoms with E-state index in [4.69, 9.17) is 21.8 Å².